The number of nitriles is 1. The second-order valence-corrected chi connectivity index (χ2v) is 13.8. The van der Waals surface area contributed by atoms with E-state index in [1.54, 1.807) is 6.08 Å². The molecule has 1 amide bonds. The molecule has 4 aliphatic rings. The molecule has 3 saturated heterocycles. The molecule has 4 aliphatic heterocycles. The van der Waals surface area contributed by atoms with Gasteiger partial charge in [-0.15, -0.1) is 0 Å². The summed E-state index contributed by atoms with van der Waals surface area (Å²) < 4.78 is 11.8. The zero-order valence-corrected chi connectivity index (χ0v) is 29.0. The summed E-state index contributed by atoms with van der Waals surface area (Å²) >= 11 is 6.74. The fourth-order valence-corrected chi connectivity index (χ4v) is 7.90. The fraction of sp³-hybridized carbons (Fsp3) is 0.514. The zero-order valence-electron chi connectivity index (χ0n) is 28.3. The summed E-state index contributed by atoms with van der Waals surface area (Å²) in [6.07, 6.45) is 6.86. The number of hydrogen-bond donors (Lipinski definition) is 0. The second-order valence-electron chi connectivity index (χ2n) is 13.4. The molecule has 0 bridgehead atoms. The van der Waals surface area contributed by atoms with Crippen LogP contribution < -0.4 is 14.5 Å². The molecule has 49 heavy (non-hydrogen) atoms. The Bertz CT molecular complexity index is 1720. The van der Waals surface area contributed by atoms with E-state index in [0.717, 1.165) is 97.2 Å². The molecule has 5 heterocycles. The van der Waals surface area contributed by atoms with Gasteiger partial charge >= 0.3 is 6.01 Å². The highest BCUT2D eigenvalue weighted by Gasteiger charge is 2.34. The quantitative estimate of drug-likeness (QED) is 0.306. The van der Waals surface area contributed by atoms with Gasteiger partial charge in [0.15, 0.2) is 0 Å². The van der Waals surface area contributed by atoms with Crippen LogP contribution in [0.1, 0.15) is 30.5 Å². The predicted octanol–water partition coefficient (Wildman–Crippen LogP) is 4.14. The SMILES string of the molecule is CN1CCC[C@H]1COc1nc2c(c(N3CCN(C(=O)/C=C/CN4CCOCC4)[C@@H](CC#N)C3)n1)CCN(c1cccc3cccc(Cl)c13)C2. The van der Waals surface area contributed by atoms with Crippen molar-refractivity contribution in [3.8, 4) is 12.1 Å². The van der Waals surface area contributed by atoms with E-state index in [-0.39, 0.29) is 18.4 Å². The number of amides is 1. The van der Waals surface area contributed by atoms with Crippen LogP contribution in [0.2, 0.25) is 5.02 Å². The van der Waals surface area contributed by atoms with E-state index in [1.165, 1.54) is 0 Å². The monoisotopic (exact) mass is 684 g/mol. The number of likely N-dealkylation sites (N-methyl/N-ethyl adjacent to an activating group) is 1. The maximum Gasteiger partial charge on any atom is 0.318 e. The van der Waals surface area contributed by atoms with Crippen molar-refractivity contribution in [3.63, 3.8) is 0 Å². The minimum atomic E-state index is -0.251. The Morgan fingerprint density at radius 2 is 1.90 bits per heavy atom. The number of carbonyl (C=O) groups excluding carboxylic acids is 1. The lowest BCUT2D eigenvalue weighted by Crippen LogP contribution is -2.55. The predicted molar refractivity (Wildman–Crippen MR) is 191 cm³/mol. The first-order valence-corrected chi connectivity index (χ1v) is 17.9. The van der Waals surface area contributed by atoms with Crippen molar-refractivity contribution in [2.45, 2.75) is 44.3 Å². The van der Waals surface area contributed by atoms with Crippen LogP contribution in [0, 0.1) is 11.3 Å². The average Bonchev–Trinajstić information content (AvgIpc) is 3.54. The van der Waals surface area contributed by atoms with Crippen molar-refractivity contribution >= 4 is 39.8 Å². The molecule has 0 N–H and O–H groups in total. The number of benzene rings is 2. The molecule has 0 radical (unpaired) electrons. The molecular formula is C37H45ClN8O3. The van der Waals surface area contributed by atoms with Crippen molar-refractivity contribution in [3.05, 3.63) is 64.8 Å². The number of piperazine rings is 1. The highest BCUT2D eigenvalue weighted by atomic mass is 35.5. The Balaban J connectivity index is 1.14. The van der Waals surface area contributed by atoms with Gasteiger partial charge in [-0.1, -0.05) is 41.9 Å². The van der Waals surface area contributed by atoms with Gasteiger partial charge in [0, 0.05) is 74.6 Å². The largest absolute Gasteiger partial charge is 0.462 e. The van der Waals surface area contributed by atoms with Gasteiger partial charge in [0.2, 0.25) is 5.91 Å². The molecule has 2 aromatic carbocycles. The first kappa shape index (κ1) is 33.5. The van der Waals surface area contributed by atoms with Crippen LogP contribution in [0.3, 0.4) is 0 Å². The number of nitrogens with zero attached hydrogens (tertiary/aromatic N) is 8. The minimum Gasteiger partial charge on any atom is -0.462 e. The van der Waals surface area contributed by atoms with Crippen LogP contribution in [0.5, 0.6) is 6.01 Å². The van der Waals surface area contributed by atoms with E-state index in [9.17, 15) is 10.1 Å². The van der Waals surface area contributed by atoms with Gasteiger partial charge in [0.05, 0.1) is 49.0 Å². The standard InChI is InChI=1S/C37H45ClN8O3/c1-42-15-4-8-29(42)26-49-37-40-32-25-44(33-10-3-7-27-6-2-9-31(38)35(27)33)17-13-30(32)36(41-37)45-18-19-46(28(24-45)12-14-39)34(47)11-5-16-43-20-22-48-23-21-43/h2-3,5-7,9-11,28-29H,4,8,12-13,15-26H2,1H3/b11-5+/t28-,29-/m0/s1. The molecule has 2 atom stereocenters. The van der Waals surface area contributed by atoms with Crippen molar-refractivity contribution in [1.29, 1.82) is 5.26 Å². The summed E-state index contributed by atoms with van der Waals surface area (Å²) in [5, 5.41) is 12.7. The number of halogens is 1. The summed E-state index contributed by atoms with van der Waals surface area (Å²) in [4.78, 5) is 34.5. The molecule has 0 aliphatic carbocycles. The van der Waals surface area contributed by atoms with E-state index >= 15 is 0 Å². The summed E-state index contributed by atoms with van der Waals surface area (Å²) in [5.41, 5.74) is 3.14. The highest BCUT2D eigenvalue weighted by molar-refractivity contribution is 6.36. The van der Waals surface area contributed by atoms with E-state index < -0.39 is 0 Å². The molecular weight excluding hydrogens is 640 g/mol. The van der Waals surface area contributed by atoms with Crippen LogP contribution in [0.25, 0.3) is 10.8 Å². The number of carbonyl (C=O) groups is 1. The first-order chi connectivity index (χ1) is 24.0. The molecule has 11 nitrogen and oxygen atoms in total. The number of fused-ring (bicyclic) bond motifs is 2. The average molecular weight is 685 g/mol. The summed E-state index contributed by atoms with van der Waals surface area (Å²) in [6, 6.07) is 15.1. The molecule has 258 valence electrons. The Labute approximate surface area is 293 Å². The van der Waals surface area contributed by atoms with Gasteiger partial charge < -0.3 is 29.1 Å². The van der Waals surface area contributed by atoms with Crippen LogP contribution >= 0.6 is 11.6 Å². The van der Waals surface area contributed by atoms with E-state index in [4.69, 9.17) is 31.0 Å². The van der Waals surface area contributed by atoms with Crippen LogP contribution in [0.15, 0.2) is 48.6 Å². The van der Waals surface area contributed by atoms with E-state index in [0.29, 0.717) is 51.4 Å². The lowest BCUT2D eigenvalue weighted by atomic mass is 10.0. The second kappa shape index (κ2) is 15.3. The number of rotatable bonds is 9. The number of aromatic nitrogens is 2. The van der Waals surface area contributed by atoms with Crippen molar-refractivity contribution in [1.82, 2.24) is 24.7 Å². The van der Waals surface area contributed by atoms with Crippen LogP contribution in [-0.2, 0) is 22.5 Å². The number of likely N-dealkylation sites (tertiary alicyclic amines) is 1. The van der Waals surface area contributed by atoms with E-state index in [1.807, 2.05) is 23.1 Å². The van der Waals surface area contributed by atoms with Crippen LogP contribution in [-0.4, -0.2) is 122 Å². The first-order valence-electron chi connectivity index (χ1n) is 17.5. The molecule has 1 aromatic heterocycles. The molecule has 0 saturated carbocycles. The number of hydrogen-bond acceptors (Lipinski definition) is 10. The fourth-order valence-electron chi connectivity index (χ4n) is 7.62. The van der Waals surface area contributed by atoms with Gasteiger partial charge in [-0.3, -0.25) is 9.69 Å². The molecule has 3 fully saturated rings. The third-order valence-electron chi connectivity index (χ3n) is 10.4. The maximum absolute atomic E-state index is 13.4. The third-order valence-corrected chi connectivity index (χ3v) is 10.7. The topological polar surface area (TPSA) is 101 Å². The Morgan fingerprint density at radius 3 is 2.69 bits per heavy atom. The molecule has 12 heteroatoms. The molecule has 7 rings (SSSR count). The van der Waals surface area contributed by atoms with Gasteiger partial charge in [-0.05, 0) is 50.4 Å². The van der Waals surface area contributed by atoms with Crippen LogP contribution in [0.4, 0.5) is 11.5 Å². The minimum absolute atomic E-state index is 0.0491. The lowest BCUT2D eigenvalue weighted by molar-refractivity contribution is -0.128. The van der Waals surface area contributed by atoms with E-state index in [2.05, 4.69) is 57.0 Å². The van der Waals surface area contributed by atoms with Crippen molar-refractivity contribution in [2.24, 2.45) is 0 Å². The zero-order chi connectivity index (χ0) is 33.7. The van der Waals surface area contributed by atoms with Crippen molar-refractivity contribution in [2.75, 3.05) is 89.0 Å². The number of morpholine rings is 1. The Morgan fingerprint density at radius 1 is 1.06 bits per heavy atom. The van der Waals surface area contributed by atoms with Crippen molar-refractivity contribution < 1.29 is 14.3 Å². The highest BCUT2D eigenvalue weighted by Crippen LogP contribution is 2.37. The lowest BCUT2D eigenvalue weighted by Gasteiger charge is -2.42. The third kappa shape index (κ3) is 7.48. The summed E-state index contributed by atoms with van der Waals surface area (Å²) in [5.74, 6) is 0.806. The summed E-state index contributed by atoms with van der Waals surface area (Å²) in [7, 11) is 2.14. The molecule has 0 unspecified atom stereocenters. The van der Waals surface area contributed by atoms with Gasteiger partial charge in [-0.2, -0.15) is 15.2 Å². The van der Waals surface area contributed by atoms with Gasteiger partial charge in [0.25, 0.3) is 0 Å². The van der Waals surface area contributed by atoms with Gasteiger partial charge in [0.1, 0.15) is 12.4 Å². The van der Waals surface area contributed by atoms with Gasteiger partial charge in [-0.25, -0.2) is 0 Å². The normalized spacial score (nSPS) is 22.1. The summed E-state index contributed by atoms with van der Waals surface area (Å²) in [6.45, 7) is 8.53. The number of anilines is 2. The maximum atomic E-state index is 13.4. The molecule has 0 spiro atoms. The Kier molecular flexibility index (Phi) is 10.5. The smallest absolute Gasteiger partial charge is 0.318 e. The Hall–Kier alpha value is -3.95. The molecule has 3 aromatic rings. The number of ether oxygens (including phenoxy) is 2.